The molecule has 0 aliphatic carbocycles. The quantitative estimate of drug-likeness (QED) is 0.463. The first-order valence-corrected chi connectivity index (χ1v) is 12.0. The zero-order valence-corrected chi connectivity index (χ0v) is 21.0. The van der Waals surface area contributed by atoms with Gasteiger partial charge in [0.05, 0.1) is 10.0 Å². The van der Waals surface area contributed by atoms with E-state index in [1.54, 1.807) is 35.7 Å². The van der Waals surface area contributed by atoms with Crippen LogP contribution in [-0.2, 0) is 16.1 Å². The molecule has 0 aromatic heterocycles. The molecule has 0 radical (unpaired) electrons. The van der Waals surface area contributed by atoms with Crippen LogP contribution >= 0.6 is 35.0 Å². The van der Waals surface area contributed by atoms with E-state index >= 15 is 0 Å². The summed E-state index contributed by atoms with van der Waals surface area (Å²) in [7, 11) is 0. The monoisotopic (exact) mass is 480 g/mol. The van der Waals surface area contributed by atoms with Gasteiger partial charge in [-0.1, -0.05) is 47.0 Å². The van der Waals surface area contributed by atoms with Crippen molar-refractivity contribution in [3.8, 4) is 0 Å². The fraction of sp³-hybridized carbons (Fsp3) is 0.417. The summed E-state index contributed by atoms with van der Waals surface area (Å²) < 4.78 is 0. The molecule has 2 rings (SSSR count). The third-order valence-electron chi connectivity index (χ3n) is 4.61. The van der Waals surface area contributed by atoms with E-state index in [4.69, 9.17) is 23.2 Å². The van der Waals surface area contributed by atoms with E-state index in [0.29, 0.717) is 22.2 Å². The van der Waals surface area contributed by atoms with E-state index in [2.05, 4.69) is 29.6 Å². The minimum Gasteiger partial charge on any atom is -0.350 e. The molecule has 0 aliphatic rings. The van der Waals surface area contributed by atoms with Crippen molar-refractivity contribution in [1.82, 2.24) is 10.2 Å². The van der Waals surface area contributed by atoms with Crippen molar-refractivity contribution >= 4 is 46.8 Å². The fourth-order valence-corrected chi connectivity index (χ4v) is 4.09. The van der Waals surface area contributed by atoms with Crippen LogP contribution in [0.5, 0.6) is 0 Å². The van der Waals surface area contributed by atoms with Crippen molar-refractivity contribution < 1.29 is 9.59 Å². The van der Waals surface area contributed by atoms with Gasteiger partial charge in [0.15, 0.2) is 0 Å². The van der Waals surface area contributed by atoms with Gasteiger partial charge in [-0.05, 0) is 64.4 Å². The van der Waals surface area contributed by atoms with E-state index < -0.39 is 6.04 Å². The maximum atomic E-state index is 13.1. The molecule has 0 heterocycles. The van der Waals surface area contributed by atoms with Crippen LogP contribution in [0.1, 0.15) is 45.2 Å². The van der Waals surface area contributed by atoms with Crippen LogP contribution in [-0.4, -0.2) is 34.0 Å². The number of thioether (sulfide) groups is 1. The third-order valence-corrected chi connectivity index (χ3v) is 6.36. The Labute approximate surface area is 199 Å². The lowest BCUT2D eigenvalue weighted by atomic mass is 10.1. The van der Waals surface area contributed by atoms with Crippen molar-refractivity contribution in [3.63, 3.8) is 0 Å². The average Bonchev–Trinajstić information content (AvgIpc) is 2.68. The molecule has 2 aromatic carbocycles. The van der Waals surface area contributed by atoms with Crippen molar-refractivity contribution in [3.05, 3.63) is 63.6 Å². The molecule has 2 aromatic rings. The van der Waals surface area contributed by atoms with E-state index in [9.17, 15) is 9.59 Å². The molecule has 0 fully saturated rings. The standard InChI is InChI=1S/C24H30Cl2N2O2S/c1-16-6-9-19(10-7-16)31-13-12-22(29)28(17(2)23(30)27-24(3,4)5)15-18-8-11-20(25)21(26)14-18/h6-11,14,17H,12-13,15H2,1-5H3,(H,27,30)/t17-/m1/s1. The molecule has 0 saturated carbocycles. The van der Waals surface area contributed by atoms with E-state index in [0.717, 1.165) is 10.5 Å². The summed E-state index contributed by atoms with van der Waals surface area (Å²) >= 11 is 13.8. The molecule has 2 amide bonds. The van der Waals surface area contributed by atoms with Crippen LogP contribution in [0.15, 0.2) is 47.4 Å². The molecule has 0 spiro atoms. The normalized spacial score (nSPS) is 12.4. The summed E-state index contributed by atoms with van der Waals surface area (Å²) in [6.07, 6.45) is 0.326. The van der Waals surface area contributed by atoms with Crippen LogP contribution in [0.2, 0.25) is 10.0 Å². The largest absolute Gasteiger partial charge is 0.350 e. The number of amides is 2. The van der Waals surface area contributed by atoms with E-state index in [1.807, 2.05) is 33.8 Å². The molecule has 0 saturated heterocycles. The second-order valence-electron chi connectivity index (χ2n) is 8.60. The lowest BCUT2D eigenvalue weighted by Crippen LogP contribution is -2.52. The van der Waals surface area contributed by atoms with E-state index in [-0.39, 0.29) is 23.9 Å². The maximum absolute atomic E-state index is 13.1. The Morgan fingerprint density at radius 1 is 1.06 bits per heavy atom. The second kappa shape index (κ2) is 11.3. The van der Waals surface area contributed by atoms with E-state index in [1.165, 1.54) is 5.56 Å². The highest BCUT2D eigenvalue weighted by atomic mass is 35.5. The molecular formula is C24H30Cl2N2O2S. The molecule has 4 nitrogen and oxygen atoms in total. The van der Waals surface area contributed by atoms with Gasteiger partial charge >= 0.3 is 0 Å². The highest BCUT2D eigenvalue weighted by Crippen LogP contribution is 2.25. The van der Waals surface area contributed by atoms with Gasteiger partial charge in [0.1, 0.15) is 6.04 Å². The Kier molecular flexibility index (Phi) is 9.28. The molecule has 7 heteroatoms. The highest BCUT2D eigenvalue weighted by Gasteiger charge is 2.28. The molecule has 0 aliphatic heterocycles. The van der Waals surface area contributed by atoms with Crippen molar-refractivity contribution in [1.29, 1.82) is 0 Å². The Hall–Kier alpha value is -1.69. The zero-order valence-electron chi connectivity index (χ0n) is 18.7. The summed E-state index contributed by atoms with van der Waals surface area (Å²) in [5.74, 6) is 0.363. The minimum atomic E-state index is -0.620. The molecule has 0 unspecified atom stereocenters. The fourth-order valence-electron chi connectivity index (χ4n) is 2.93. The van der Waals surface area contributed by atoms with Crippen LogP contribution in [0.4, 0.5) is 0 Å². The summed E-state index contributed by atoms with van der Waals surface area (Å²) in [6, 6.07) is 12.9. The molecule has 1 atom stereocenters. The van der Waals surface area contributed by atoms with Crippen LogP contribution in [0, 0.1) is 6.92 Å². The number of carbonyl (C=O) groups is 2. The molecule has 31 heavy (non-hydrogen) atoms. The van der Waals surface area contributed by atoms with Crippen molar-refractivity contribution in [2.24, 2.45) is 0 Å². The second-order valence-corrected chi connectivity index (χ2v) is 10.6. The lowest BCUT2D eigenvalue weighted by molar-refractivity contribution is -0.140. The molecule has 1 N–H and O–H groups in total. The predicted molar refractivity (Wildman–Crippen MR) is 131 cm³/mol. The third kappa shape index (κ3) is 8.40. The number of aryl methyl sites for hydroxylation is 1. The number of halogens is 2. The Bertz CT molecular complexity index is 911. The van der Waals surface area contributed by atoms with Gasteiger partial charge in [0, 0.05) is 29.2 Å². The smallest absolute Gasteiger partial charge is 0.242 e. The summed E-state index contributed by atoms with van der Waals surface area (Å²) in [5, 5.41) is 3.84. The van der Waals surface area contributed by atoms with Crippen LogP contribution in [0.3, 0.4) is 0 Å². The summed E-state index contributed by atoms with van der Waals surface area (Å²) in [4.78, 5) is 28.6. The minimum absolute atomic E-state index is 0.0813. The van der Waals surface area contributed by atoms with Gasteiger partial charge < -0.3 is 10.2 Å². The van der Waals surface area contributed by atoms with Crippen LogP contribution < -0.4 is 5.32 Å². The Morgan fingerprint density at radius 3 is 2.29 bits per heavy atom. The number of benzene rings is 2. The molecule has 0 bridgehead atoms. The van der Waals surface area contributed by atoms with Gasteiger partial charge in [-0.2, -0.15) is 0 Å². The number of hydrogen-bond donors (Lipinski definition) is 1. The van der Waals surface area contributed by atoms with Gasteiger partial charge in [-0.25, -0.2) is 0 Å². The predicted octanol–water partition coefficient (Wildman–Crippen LogP) is 6.12. The van der Waals surface area contributed by atoms with Gasteiger partial charge in [-0.15, -0.1) is 11.8 Å². The number of nitrogens with one attached hydrogen (secondary N) is 1. The first kappa shape index (κ1) is 25.6. The first-order chi connectivity index (χ1) is 14.5. The average molecular weight is 481 g/mol. The highest BCUT2D eigenvalue weighted by molar-refractivity contribution is 7.99. The topological polar surface area (TPSA) is 49.4 Å². The molecular weight excluding hydrogens is 451 g/mol. The van der Waals surface area contributed by atoms with Gasteiger partial charge in [0.25, 0.3) is 0 Å². The van der Waals surface area contributed by atoms with Crippen LogP contribution in [0.25, 0.3) is 0 Å². The van der Waals surface area contributed by atoms with Crippen molar-refractivity contribution in [2.75, 3.05) is 5.75 Å². The summed E-state index contributed by atoms with van der Waals surface area (Å²) in [5.41, 5.74) is 1.64. The summed E-state index contributed by atoms with van der Waals surface area (Å²) in [6.45, 7) is 9.83. The number of rotatable bonds is 8. The Balaban J connectivity index is 2.12. The number of hydrogen-bond acceptors (Lipinski definition) is 3. The Morgan fingerprint density at radius 2 is 1.71 bits per heavy atom. The molecule has 168 valence electrons. The number of nitrogens with zero attached hydrogens (tertiary/aromatic N) is 1. The SMILES string of the molecule is Cc1ccc(SCCC(=O)N(Cc2ccc(Cl)c(Cl)c2)[C@H](C)C(=O)NC(C)(C)C)cc1. The zero-order chi connectivity index (χ0) is 23.2. The lowest BCUT2D eigenvalue weighted by Gasteiger charge is -2.31. The maximum Gasteiger partial charge on any atom is 0.242 e. The van der Waals surface area contributed by atoms with Crippen molar-refractivity contribution in [2.45, 2.75) is 64.1 Å². The van der Waals surface area contributed by atoms with Gasteiger partial charge in [0.2, 0.25) is 11.8 Å². The first-order valence-electron chi connectivity index (χ1n) is 10.2. The number of carbonyl (C=O) groups excluding carboxylic acids is 2. The van der Waals surface area contributed by atoms with Gasteiger partial charge in [-0.3, -0.25) is 9.59 Å².